The molecule has 0 unspecified atom stereocenters. The number of nitrogens with one attached hydrogen (secondary N) is 2. The number of carboxylic acids is 1. The first-order chi connectivity index (χ1) is 11.3. The fraction of sp³-hybridized carbons (Fsp3) is 0.333. The molecule has 2 amide bonds. The van der Waals surface area contributed by atoms with Crippen molar-refractivity contribution in [3.63, 3.8) is 0 Å². The van der Waals surface area contributed by atoms with Crippen molar-refractivity contribution in [2.75, 3.05) is 5.32 Å². The Bertz CT molecular complexity index is 722. The van der Waals surface area contributed by atoms with Crippen LogP contribution in [0.3, 0.4) is 0 Å². The van der Waals surface area contributed by atoms with Gasteiger partial charge in [0.1, 0.15) is 10.8 Å². The number of carbonyl (C=O) groups is 2. The Hall–Kier alpha value is -2.68. The lowest BCUT2D eigenvalue weighted by Crippen LogP contribution is -2.45. The van der Waals surface area contributed by atoms with Crippen LogP contribution in [0, 0.1) is 0 Å². The van der Waals surface area contributed by atoms with Gasteiger partial charge < -0.3 is 14.8 Å². The second-order valence-corrected chi connectivity index (χ2v) is 6.66. The van der Waals surface area contributed by atoms with E-state index in [4.69, 9.17) is 9.52 Å². The van der Waals surface area contributed by atoms with Crippen molar-refractivity contribution in [3.8, 4) is 0 Å². The molecule has 0 aromatic carbocycles. The van der Waals surface area contributed by atoms with Crippen molar-refractivity contribution in [2.45, 2.75) is 32.2 Å². The zero-order chi connectivity index (χ0) is 17.6. The molecule has 2 rings (SSSR count). The molecule has 0 radical (unpaired) electrons. The summed E-state index contributed by atoms with van der Waals surface area (Å²) >= 11 is 1.21. The second-order valence-electron chi connectivity index (χ2n) is 5.65. The number of aromatic nitrogens is 2. The highest BCUT2D eigenvalue weighted by Crippen LogP contribution is 2.18. The van der Waals surface area contributed by atoms with Gasteiger partial charge in [0.05, 0.1) is 6.26 Å². The molecule has 0 spiro atoms. The van der Waals surface area contributed by atoms with E-state index in [-0.39, 0.29) is 6.42 Å². The number of carbonyl (C=O) groups excluding carboxylic acids is 1. The van der Waals surface area contributed by atoms with Gasteiger partial charge >= 0.3 is 12.0 Å². The topological polar surface area (TPSA) is 117 Å². The Labute approximate surface area is 142 Å². The molecule has 0 aliphatic heterocycles. The molecule has 24 heavy (non-hydrogen) atoms. The van der Waals surface area contributed by atoms with Crippen LogP contribution >= 0.6 is 11.3 Å². The van der Waals surface area contributed by atoms with Gasteiger partial charge in [-0.1, -0.05) is 11.3 Å². The predicted octanol–water partition coefficient (Wildman–Crippen LogP) is 3.07. The van der Waals surface area contributed by atoms with E-state index in [1.165, 1.54) is 11.3 Å². The van der Waals surface area contributed by atoms with E-state index in [0.29, 0.717) is 22.3 Å². The molecule has 0 fully saturated rings. The average Bonchev–Trinajstić information content (AvgIpc) is 3.14. The standard InChI is InChI=1S/C15H18N4O4S/c1-15(2,8-7-12(20)21)17-13(22)16-14-19-18-11(24-14)6-5-10-4-3-9-23-10/h3-6,9H,7-8H2,1-2H3,(H,20,21)(H2,16,17,19,22)/b6-5+. The Morgan fingerprint density at radius 1 is 1.38 bits per heavy atom. The first-order valence-electron chi connectivity index (χ1n) is 7.20. The van der Waals surface area contributed by atoms with Crippen LogP contribution in [-0.4, -0.2) is 32.8 Å². The maximum Gasteiger partial charge on any atom is 0.321 e. The number of hydrogen-bond acceptors (Lipinski definition) is 6. The molecule has 0 saturated carbocycles. The lowest BCUT2D eigenvalue weighted by Gasteiger charge is -2.25. The van der Waals surface area contributed by atoms with Crippen molar-refractivity contribution in [1.29, 1.82) is 0 Å². The van der Waals surface area contributed by atoms with E-state index in [1.54, 1.807) is 38.3 Å². The number of nitrogens with zero attached hydrogens (tertiary/aromatic N) is 2. The summed E-state index contributed by atoms with van der Waals surface area (Å²) in [7, 11) is 0. The van der Waals surface area contributed by atoms with Gasteiger partial charge in [-0.15, -0.1) is 10.2 Å². The summed E-state index contributed by atoms with van der Waals surface area (Å²) < 4.78 is 5.17. The van der Waals surface area contributed by atoms with Crippen LogP contribution in [0.1, 0.15) is 37.5 Å². The van der Waals surface area contributed by atoms with Crippen LogP contribution in [-0.2, 0) is 4.79 Å². The van der Waals surface area contributed by atoms with E-state index in [2.05, 4.69) is 20.8 Å². The fourth-order valence-corrected chi connectivity index (χ4v) is 2.45. The Morgan fingerprint density at radius 3 is 2.83 bits per heavy atom. The SMILES string of the molecule is CC(C)(CCC(=O)O)NC(=O)Nc1nnc(/C=C/c2ccco2)s1. The highest BCUT2D eigenvalue weighted by atomic mass is 32.1. The van der Waals surface area contributed by atoms with Crippen LogP contribution < -0.4 is 10.6 Å². The molecule has 2 aromatic rings. The number of urea groups is 1. The molecule has 3 N–H and O–H groups in total. The summed E-state index contributed by atoms with van der Waals surface area (Å²) in [5.74, 6) is -0.208. The molecule has 2 heterocycles. The van der Waals surface area contributed by atoms with Gasteiger partial charge in [0.25, 0.3) is 0 Å². The summed E-state index contributed by atoms with van der Waals surface area (Å²) in [5, 5.41) is 22.8. The van der Waals surface area contributed by atoms with Gasteiger partial charge in [-0.2, -0.15) is 0 Å². The van der Waals surface area contributed by atoms with E-state index >= 15 is 0 Å². The summed E-state index contributed by atoms with van der Waals surface area (Å²) in [4.78, 5) is 22.6. The number of aliphatic carboxylic acids is 1. The number of hydrogen-bond donors (Lipinski definition) is 3. The number of rotatable bonds is 7. The van der Waals surface area contributed by atoms with Crippen LogP contribution in [0.4, 0.5) is 9.93 Å². The maximum atomic E-state index is 12.0. The molecule has 9 heteroatoms. The molecular weight excluding hydrogens is 332 g/mol. The lowest BCUT2D eigenvalue weighted by atomic mass is 9.99. The van der Waals surface area contributed by atoms with Crippen LogP contribution in [0.2, 0.25) is 0 Å². The molecule has 0 aliphatic rings. The fourth-order valence-electron chi connectivity index (χ4n) is 1.81. The number of anilines is 1. The highest BCUT2D eigenvalue weighted by Gasteiger charge is 2.22. The number of amides is 2. The van der Waals surface area contributed by atoms with Gasteiger partial charge in [0, 0.05) is 12.0 Å². The summed E-state index contributed by atoms with van der Waals surface area (Å²) in [5.41, 5.74) is -0.644. The van der Waals surface area contributed by atoms with E-state index in [9.17, 15) is 9.59 Å². The largest absolute Gasteiger partial charge is 0.481 e. The Morgan fingerprint density at radius 2 is 2.17 bits per heavy atom. The molecular formula is C15H18N4O4S. The molecule has 0 aliphatic carbocycles. The molecule has 8 nitrogen and oxygen atoms in total. The van der Waals surface area contributed by atoms with Crippen molar-refractivity contribution >= 4 is 40.6 Å². The Kier molecular flexibility index (Phi) is 5.69. The molecule has 0 atom stereocenters. The average molecular weight is 350 g/mol. The minimum Gasteiger partial charge on any atom is -0.481 e. The van der Waals surface area contributed by atoms with Crippen molar-refractivity contribution in [3.05, 3.63) is 29.2 Å². The first-order valence-corrected chi connectivity index (χ1v) is 8.02. The minimum absolute atomic E-state index is 0.0200. The maximum absolute atomic E-state index is 12.0. The number of furan rings is 1. The monoisotopic (exact) mass is 350 g/mol. The molecule has 128 valence electrons. The molecule has 0 saturated heterocycles. The summed E-state index contributed by atoms with van der Waals surface area (Å²) in [6.45, 7) is 3.51. The first kappa shape index (κ1) is 17.7. The highest BCUT2D eigenvalue weighted by molar-refractivity contribution is 7.16. The Balaban J connectivity index is 1.87. The van der Waals surface area contributed by atoms with Gasteiger partial charge in [0.2, 0.25) is 5.13 Å². The van der Waals surface area contributed by atoms with Crippen LogP contribution in [0.25, 0.3) is 12.2 Å². The van der Waals surface area contributed by atoms with Gasteiger partial charge in [-0.25, -0.2) is 4.79 Å². The van der Waals surface area contributed by atoms with Gasteiger partial charge in [0.15, 0.2) is 0 Å². The van der Waals surface area contributed by atoms with Crippen LogP contribution in [0.15, 0.2) is 22.8 Å². The minimum atomic E-state index is -0.901. The van der Waals surface area contributed by atoms with Crippen molar-refractivity contribution < 1.29 is 19.1 Å². The molecule has 2 aromatic heterocycles. The molecule has 0 bridgehead atoms. The lowest BCUT2D eigenvalue weighted by molar-refractivity contribution is -0.137. The zero-order valence-corrected chi connectivity index (χ0v) is 14.1. The third-order valence-electron chi connectivity index (χ3n) is 3.01. The third kappa shape index (κ3) is 5.84. The number of carboxylic acid groups (broad SMARTS) is 1. The van der Waals surface area contributed by atoms with Crippen molar-refractivity contribution in [2.24, 2.45) is 0 Å². The second kappa shape index (κ2) is 7.73. The van der Waals surface area contributed by atoms with Gasteiger partial charge in [-0.05, 0) is 44.6 Å². The van der Waals surface area contributed by atoms with Crippen LogP contribution in [0.5, 0.6) is 0 Å². The smallest absolute Gasteiger partial charge is 0.321 e. The predicted molar refractivity (Wildman–Crippen MR) is 90.6 cm³/mol. The van der Waals surface area contributed by atoms with E-state index in [0.717, 1.165) is 0 Å². The quantitative estimate of drug-likeness (QED) is 0.706. The van der Waals surface area contributed by atoms with E-state index < -0.39 is 17.5 Å². The van der Waals surface area contributed by atoms with Crippen molar-refractivity contribution in [1.82, 2.24) is 15.5 Å². The van der Waals surface area contributed by atoms with E-state index in [1.807, 2.05) is 6.07 Å². The zero-order valence-electron chi connectivity index (χ0n) is 13.3. The summed E-state index contributed by atoms with van der Waals surface area (Å²) in [6.07, 6.45) is 5.36. The third-order valence-corrected chi connectivity index (χ3v) is 3.81. The van der Waals surface area contributed by atoms with Gasteiger partial charge in [-0.3, -0.25) is 10.1 Å². The normalized spacial score (nSPS) is 11.6. The summed E-state index contributed by atoms with van der Waals surface area (Å²) in [6, 6.07) is 3.13.